The molecule has 0 bridgehead atoms. The summed E-state index contributed by atoms with van der Waals surface area (Å²) in [5.74, 6) is 0. The first-order valence-electron chi connectivity index (χ1n) is 5.24. The number of nitrogens with zero attached hydrogens (tertiary/aromatic N) is 1. The zero-order valence-electron chi connectivity index (χ0n) is 9.43. The van der Waals surface area contributed by atoms with Crippen LogP contribution >= 0.6 is 15.9 Å². The summed E-state index contributed by atoms with van der Waals surface area (Å²) in [6.07, 6.45) is 2.62. The molecule has 96 valence electrons. The van der Waals surface area contributed by atoms with Crippen LogP contribution in [0.4, 0.5) is 0 Å². The fraction of sp³-hybridized carbons (Fsp3) is 0.182. The number of alkyl halides is 1. The number of hydrogen-bond donors (Lipinski definition) is 2. The highest BCUT2D eigenvalue weighted by Crippen LogP contribution is 2.09. The first-order valence-corrected chi connectivity index (χ1v) is 7.84. The van der Waals surface area contributed by atoms with Crippen LogP contribution in [-0.4, -0.2) is 18.6 Å². The van der Waals surface area contributed by atoms with Crippen molar-refractivity contribution in [2.24, 2.45) is 0 Å². The molecule has 0 unspecified atom stereocenters. The summed E-state index contributed by atoms with van der Waals surface area (Å²) in [5, 5.41) is 6.88. The molecular formula is C11H12BrN3O2S. The molecule has 2 aromatic rings. The monoisotopic (exact) mass is 329 g/mol. The van der Waals surface area contributed by atoms with Crippen molar-refractivity contribution >= 4 is 26.0 Å². The summed E-state index contributed by atoms with van der Waals surface area (Å²) in [5.41, 5.74) is 2.06. The Labute approximate surface area is 114 Å². The van der Waals surface area contributed by atoms with Gasteiger partial charge in [0.1, 0.15) is 4.90 Å². The Balaban J connectivity index is 2.03. The van der Waals surface area contributed by atoms with E-state index < -0.39 is 10.0 Å². The minimum absolute atomic E-state index is 0.138. The Morgan fingerprint density at radius 1 is 1.22 bits per heavy atom. The molecule has 0 saturated carbocycles. The Hall–Kier alpha value is -1.18. The number of aromatic nitrogens is 2. The summed E-state index contributed by atoms with van der Waals surface area (Å²) in [7, 11) is -3.48. The van der Waals surface area contributed by atoms with E-state index in [0.717, 1.165) is 16.5 Å². The van der Waals surface area contributed by atoms with Crippen LogP contribution < -0.4 is 4.72 Å². The highest BCUT2D eigenvalue weighted by atomic mass is 79.9. The van der Waals surface area contributed by atoms with Crippen molar-refractivity contribution in [3.63, 3.8) is 0 Å². The van der Waals surface area contributed by atoms with Gasteiger partial charge in [-0.3, -0.25) is 5.10 Å². The minimum Gasteiger partial charge on any atom is -0.284 e. The molecule has 0 saturated heterocycles. The standard InChI is InChI=1S/C11H12BrN3O2S/c12-5-9-1-3-10(4-2-9)6-15-18(16,17)11-7-13-14-8-11/h1-4,7-8,15H,5-6H2,(H,13,14). The molecule has 1 heterocycles. The number of H-pyrrole nitrogens is 1. The fourth-order valence-electron chi connectivity index (χ4n) is 1.39. The lowest BCUT2D eigenvalue weighted by molar-refractivity contribution is 0.581. The number of hydrogen-bond acceptors (Lipinski definition) is 3. The van der Waals surface area contributed by atoms with Gasteiger partial charge >= 0.3 is 0 Å². The molecule has 2 rings (SSSR count). The average Bonchev–Trinajstić information content (AvgIpc) is 2.92. The van der Waals surface area contributed by atoms with E-state index in [-0.39, 0.29) is 11.4 Å². The lowest BCUT2D eigenvalue weighted by Gasteiger charge is -2.05. The quantitative estimate of drug-likeness (QED) is 0.821. The first kappa shape index (κ1) is 13.3. The van der Waals surface area contributed by atoms with Crippen LogP contribution in [0.1, 0.15) is 11.1 Å². The van der Waals surface area contributed by atoms with Gasteiger partial charge in [0.05, 0.1) is 6.20 Å². The lowest BCUT2D eigenvalue weighted by Crippen LogP contribution is -2.22. The van der Waals surface area contributed by atoms with Crippen molar-refractivity contribution in [2.75, 3.05) is 0 Å². The van der Waals surface area contributed by atoms with Crippen molar-refractivity contribution in [2.45, 2.75) is 16.8 Å². The van der Waals surface area contributed by atoms with E-state index in [0.29, 0.717) is 0 Å². The van der Waals surface area contributed by atoms with E-state index in [2.05, 4.69) is 30.8 Å². The number of rotatable bonds is 5. The van der Waals surface area contributed by atoms with Crippen LogP contribution in [0, 0.1) is 0 Å². The zero-order chi connectivity index (χ0) is 13.0. The second-order valence-electron chi connectivity index (χ2n) is 3.71. The van der Waals surface area contributed by atoms with Crippen LogP contribution in [0.3, 0.4) is 0 Å². The van der Waals surface area contributed by atoms with Gasteiger partial charge in [0.2, 0.25) is 10.0 Å². The fourth-order valence-corrected chi connectivity index (χ4v) is 2.69. The van der Waals surface area contributed by atoms with Gasteiger partial charge < -0.3 is 0 Å². The van der Waals surface area contributed by atoms with Gasteiger partial charge in [-0.2, -0.15) is 5.10 Å². The van der Waals surface area contributed by atoms with E-state index in [9.17, 15) is 8.42 Å². The van der Waals surface area contributed by atoms with Gasteiger partial charge in [0.25, 0.3) is 0 Å². The third-order valence-corrected chi connectivity index (χ3v) is 4.44. The van der Waals surface area contributed by atoms with Crippen LogP contribution in [0.5, 0.6) is 0 Å². The van der Waals surface area contributed by atoms with E-state index in [4.69, 9.17) is 0 Å². The second-order valence-corrected chi connectivity index (χ2v) is 6.04. The van der Waals surface area contributed by atoms with Crippen molar-refractivity contribution in [3.05, 3.63) is 47.8 Å². The summed E-state index contributed by atoms with van der Waals surface area (Å²) in [6, 6.07) is 7.70. The van der Waals surface area contributed by atoms with Crippen molar-refractivity contribution in [1.29, 1.82) is 0 Å². The predicted molar refractivity (Wildman–Crippen MR) is 71.7 cm³/mol. The summed E-state index contributed by atoms with van der Waals surface area (Å²) in [4.78, 5) is 0.138. The molecule has 0 aliphatic rings. The topological polar surface area (TPSA) is 74.8 Å². The predicted octanol–water partition coefficient (Wildman–Crippen LogP) is 1.78. The maximum atomic E-state index is 11.8. The van der Waals surface area contributed by atoms with Gasteiger partial charge in [-0.1, -0.05) is 40.2 Å². The molecular weight excluding hydrogens is 318 g/mol. The molecule has 0 amide bonds. The summed E-state index contributed by atoms with van der Waals surface area (Å²) in [6.45, 7) is 0.260. The molecule has 0 radical (unpaired) electrons. The highest BCUT2D eigenvalue weighted by Gasteiger charge is 2.14. The van der Waals surface area contributed by atoms with E-state index >= 15 is 0 Å². The largest absolute Gasteiger partial charge is 0.284 e. The van der Waals surface area contributed by atoms with Crippen LogP contribution in [-0.2, 0) is 21.9 Å². The van der Waals surface area contributed by atoms with E-state index in [1.54, 1.807) is 0 Å². The Morgan fingerprint density at radius 3 is 2.44 bits per heavy atom. The smallest absolute Gasteiger partial charge is 0.243 e. The van der Waals surface area contributed by atoms with Crippen LogP contribution in [0.25, 0.3) is 0 Å². The van der Waals surface area contributed by atoms with Crippen molar-refractivity contribution < 1.29 is 8.42 Å². The summed E-state index contributed by atoms with van der Waals surface area (Å²) < 4.78 is 26.1. The number of benzene rings is 1. The van der Waals surface area contributed by atoms with E-state index in [1.807, 2.05) is 24.3 Å². The summed E-state index contributed by atoms with van der Waals surface area (Å²) >= 11 is 3.36. The molecule has 18 heavy (non-hydrogen) atoms. The normalized spacial score (nSPS) is 11.6. The SMILES string of the molecule is O=S(=O)(NCc1ccc(CBr)cc1)c1cn[nH]c1. The Morgan fingerprint density at radius 2 is 1.89 bits per heavy atom. The number of aromatic amines is 1. The second kappa shape index (κ2) is 5.64. The molecule has 0 atom stereocenters. The van der Waals surface area contributed by atoms with Gasteiger partial charge in [-0.15, -0.1) is 0 Å². The third-order valence-electron chi connectivity index (χ3n) is 2.43. The molecule has 0 aliphatic carbocycles. The number of nitrogens with one attached hydrogen (secondary N) is 2. The minimum atomic E-state index is -3.48. The first-order chi connectivity index (χ1) is 8.62. The molecule has 0 fully saturated rings. The lowest BCUT2D eigenvalue weighted by atomic mass is 10.2. The van der Waals surface area contributed by atoms with Crippen molar-refractivity contribution in [1.82, 2.24) is 14.9 Å². The van der Waals surface area contributed by atoms with Crippen LogP contribution in [0.15, 0.2) is 41.6 Å². The molecule has 1 aromatic carbocycles. The number of halogens is 1. The Bertz CT molecular complexity index is 594. The highest BCUT2D eigenvalue weighted by molar-refractivity contribution is 9.08. The molecule has 0 aliphatic heterocycles. The van der Waals surface area contributed by atoms with Gasteiger partial charge in [0.15, 0.2) is 0 Å². The maximum Gasteiger partial charge on any atom is 0.243 e. The third kappa shape index (κ3) is 3.18. The van der Waals surface area contributed by atoms with Gasteiger partial charge in [-0.25, -0.2) is 13.1 Å². The van der Waals surface area contributed by atoms with Gasteiger partial charge in [-0.05, 0) is 11.1 Å². The Kier molecular flexibility index (Phi) is 4.15. The van der Waals surface area contributed by atoms with E-state index in [1.165, 1.54) is 12.4 Å². The zero-order valence-corrected chi connectivity index (χ0v) is 11.8. The average molecular weight is 330 g/mol. The molecule has 0 spiro atoms. The van der Waals surface area contributed by atoms with Gasteiger partial charge in [0, 0.05) is 18.1 Å². The molecule has 2 N–H and O–H groups in total. The molecule has 1 aromatic heterocycles. The molecule has 5 nitrogen and oxygen atoms in total. The van der Waals surface area contributed by atoms with Crippen LogP contribution in [0.2, 0.25) is 0 Å². The molecule has 7 heteroatoms. The maximum absolute atomic E-state index is 11.8. The number of sulfonamides is 1. The van der Waals surface area contributed by atoms with Crippen molar-refractivity contribution in [3.8, 4) is 0 Å².